The molecule has 0 aliphatic rings. The van der Waals surface area contributed by atoms with Gasteiger partial charge in [0.05, 0.1) is 22.9 Å². The summed E-state index contributed by atoms with van der Waals surface area (Å²) in [7, 11) is 1.76. The van der Waals surface area contributed by atoms with E-state index in [-0.39, 0.29) is 12.5 Å². The molecule has 0 aliphatic heterocycles. The molecule has 0 bridgehead atoms. The van der Waals surface area contributed by atoms with Crippen LogP contribution in [0.1, 0.15) is 13.8 Å². The van der Waals surface area contributed by atoms with Crippen molar-refractivity contribution in [1.82, 2.24) is 4.90 Å². The molecular formula is C13H20ClN3O2. The molecule has 0 aliphatic carbocycles. The second kappa shape index (κ2) is 6.23. The van der Waals surface area contributed by atoms with Crippen molar-refractivity contribution in [1.29, 1.82) is 0 Å². The number of carbonyl (C=O) groups is 1. The van der Waals surface area contributed by atoms with Crippen LogP contribution in [0.5, 0.6) is 0 Å². The van der Waals surface area contributed by atoms with Crippen molar-refractivity contribution in [3.8, 4) is 0 Å². The Balaban J connectivity index is 2.58. The predicted octanol–water partition coefficient (Wildman–Crippen LogP) is 1.56. The number of likely N-dealkylation sites (N-methyl/N-ethyl adjacent to an activating group) is 1. The second-order valence-corrected chi connectivity index (χ2v) is 5.68. The van der Waals surface area contributed by atoms with Crippen molar-refractivity contribution in [2.45, 2.75) is 19.4 Å². The van der Waals surface area contributed by atoms with Gasteiger partial charge < -0.3 is 16.2 Å². The summed E-state index contributed by atoms with van der Waals surface area (Å²) in [5.74, 6) is -0.209. The first-order chi connectivity index (χ1) is 8.67. The van der Waals surface area contributed by atoms with Crippen molar-refractivity contribution in [2.75, 3.05) is 31.2 Å². The number of halogens is 1. The average molecular weight is 286 g/mol. The summed E-state index contributed by atoms with van der Waals surface area (Å²) >= 11 is 5.96. The van der Waals surface area contributed by atoms with Gasteiger partial charge in [-0.3, -0.25) is 9.69 Å². The van der Waals surface area contributed by atoms with Crippen LogP contribution in [0.3, 0.4) is 0 Å². The molecule has 0 radical (unpaired) electrons. The Bertz CT molecular complexity index is 458. The summed E-state index contributed by atoms with van der Waals surface area (Å²) in [6.45, 7) is 3.94. The lowest BCUT2D eigenvalue weighted by molar-refractivity contribution is -0.117. The van der Waals surface area contributed by atoms with Crippen LogP contribution < -0.4 is 11.1 Å². The van der Waals surface area contributed by atoms with Gasteiger partial charge in [-0.05, 0) is 39.1 Å². The molecule has 0 saturated heterocycles. The van der Waals surface area contributed by atoms with Gasteiger partial charge in [-0.2, -0.15) is 0 Å². The highest BCUT2D eigenvalue weighted by Crippen LogP contribution is 2.23. The Morgan fingerprint density at radius 1 is 1.53 bits per heavy atom. The zero-order valence-electron chi connectivity index (χ0n) is 11.4. The molecule has 0 spiro atoms. The number of hydrogen-bond donors (Lipinski definition) is 3. The van der Waals surface area contributed by atoms with Gasteiger partial charge in [-0.1, -0.05) is 11.6 Å². The van der Waals surface area contributed by atoms with Gasteiger partial charge in [-0.15, -0.1) is 0 Å². The van der Waals surface area contributed by atoms with Gasteiger partial charge in [0.1, 0.15) is 0 Å². The maximum atomic E-state index is 11.8. The Labute approximate surface area is 118 Å². The van der Waals surface area contributed by atoms with Crippen LogP contribution in [-0.2, 0) is 4.79 Å². The van der Waals surface area contributed by atoms with Crippen LogP contribution in [-0.4, -0.2) is 41.7 Å². The van der Waals surface area contributed by atoms with Gasteiger partial charge >= 0.3 is 0 Å². The van der Waals surface area contributed by atoms with Gasteiger partial charge in [-0.25, -0.2) is 0 Å². The van der Waals surface area contributed by atoms with Gasteiger partial charge in [0.15, 0.2) is 0 Å². The number of amides is 1. The summed E-state index contributed by atoms with van der Waals surface area (Å²) < 4.78 is 0. The molecule has 0 aromatic heterocycles. The van der Waals surface area contributed by atoms with Crippen molar-refractivity contribution in [3.63, 3.8) is 0 Å². The fraction of sp³-hybridized carbons (Fsp3) is 0.462. The molecule has 1 amide bonds. The zero-order chi connectivity index (χ0) is 14.6. The highest BCUT2D eigenvalue weighted by molar-refractivity contribution is 6.33. The monoisotopic (exact) mass is 285 g/mol. The predicted molar refractivity (Wildman–Crippen MR) is 78.3 cm³/mol. The third-order valence-electron chi connectivity index (χ3n) is 2.33. The summed E-state index contributed by atoms with van der Waals surface area (Å²) in [5.41, 5.74) is 5.81. The molecule has 0 heterocycles. The molecule has 19 heavy (non-hydrogen) atoms. The number of aliphatic hydroxyl groups is 1. The Hall–Kier alpha value is -1.30. The lowest BCUT2D eigenvalue weighted by Crippen LogP contribution is -2.40. The number of benzene rings is 1. The quantitative estimate of drug-likeness (QED) is 0.718. The van der Waals surface area contributed by atoms with Crippen LogP contribution >= 0.6 is 11.6 Å². The number of nitrogens with one attached hydrogen (secondary N) is 1. The van der Waals surface area contributed by atoms with Crippen LogP contribution in [0.2, 0.25) is 5.02 Å². The molecule has 106 valence electrons. The minimum Gasteiger partial charge on any atom is -0.399 e. The largest absolute Gasteiger partial charge is 0.399 e. The minimum atomic E-state index is -0.843. The Kier molecular flexibility index (Phi) is 5.17. The first kappa shape index (κ1) is 15.8. The number of nitrogen functional groups attached to an aromatic ring is 1. The Morgan fingerprint density at radius 2 is 2.16 bits per heavy atom. The van der Waals surface area contributed by atoms with Crippen LogP contribution in [0.25, 0.3) is 0 Å². The van der Waals surface area contributed by atoms with Crippen molar-refractivity contribution in [2.24, 2.45) is 0 Å². The van der Waals surface area contributed by atoms with E-state index in [4.69, 9.17) is 17.3 Å². The summed E-state index contributed by atoms with van der Waals surface area (Å²) in [6.07, 6.45) is 0. The van der Waals surface area contributed by atoms with Crippen molar-refractivity contribution in [3.05, 3.63) is 23.2 Å². The van der Waals surface area contributed by atoms with Gasteiger partial charge in [0.2, 0.25) is 5.91 Å². The molecule has 1 aromatic carbocycles. The molecule has 4 N–H and O–H groups in total. The van der Waals surface area contributed by atoms with E-state index in [1.165, 1.54) is 0 Å². The van der Waals surface area contributed by atoms with Crippen LogP contribution in [0, 0.1) is 0 Å². The minimum absolute atomic E-state index is 0.162. The molecule has 0 unspecified atom stereocenters. The molecular weight excluding hydrogens is 266 g/mol. The van der Waals surface area contributed by atoms with Gasteiger partial charge in [0.25, 0.3) is 0 Å². The summed E-state index contributed by atoms with van der Waals surface area (Å²) in [4.78, 5) is 13.6. The molecule has 0 saturated carbocycles. The molecule has 1 rings (SSSR count). The van der Waals surface area contributed by atoms with E-state index < -0.39 is 5.60 Å². The van der Waals surface area contributed by atoms with E-state index in [1.807, 2.05) is 0 Å². The third-order valence-corrected chi connectivity index (χ3v) is 2.66. The highest BCUT2D eigenvalue weighted by atomic mass is 35.5. The SMILES string of the molecule is CN(CC(=O)Nc1cc(N)ccc1Cl)CC(C)(C)O. The lowest BCUT2D eigenvalue weighted by Gasteiger charge is -2.24. The normalized spacial score (nSPS) is 11.7. The van der Waals surface area contributed by atoms with Crippen molar-refractivity contribution >= 4 is 28.9 Å². The molecule has 0 atom stereocenters. The second-order valence-electron chi connectivity index (χ2n) is 5.27. The van der Waals surface area contributed by atoms with Gasteiger partial charge in [0, 0.05) is 12.2 Å². The number of carbonyl (C=O) groups excluding carboxylic acids is 1. The highest BCUT2D eigenvalue weighted by Gasteiger charge is 2.17. The van der Waals surface area contributed by atoms with Crippen LogP contribution in [0.4, 0.5) is 11.4 Å². The van der Waals surface area contributed by atoms with E-state index >= 15 is 0 Å². The maximum absolute atomic E-state index is 11.8. The zero-order valence-corrected chi connectivity index (χ0v) is 12.2. The molecule has 0 fully saturated rings. The van der Waals surface area contributed by atoms with E-state index in [9.17, 15) is 9.90 Å². The number of hydrogen-bond acceptors (Lipinski definition) is 4. The standard InChI is InChI=1S/C13H20ClN3O2/c1-13(2,19)8-17(3)7-12(18)16-11-6-9(15)4-5-10(11)14/h4-6,19H,7-8,15H2,1-3H3,(H,16,18). The molecule has 5 nitrogen and oxygen atoms in total. The Morgan fingerprint density at radius 3 is 2.74 bits per heavy atom. The number of nitrogens with zero attached hydrogens (tertiary/aromatic N) is 1. The fourth-order valence-corrected chi connectivity index (χ4v) is 1.95. The van der Waals surface area contributed by atoms with E-state index in [1.54, 1.807) is 44.0 Å². The average Bonchev–Trinajstić information content (AvgIpc) is 2.20. The molecule has 6 heteroatoms. The first-order valence-corrected chi connectivity index (χ1v) is 6.31. The third kappa shape index (κ3) is 5.92. The number of anilines is 2. The first-order valence-electron chi connectivity index (χ1n) is 5.93. The topological polar surface area (TPSA) is 78.6 Å². The summed E-state index contributed by atoms with van der Waals surface area (Å²) in [6, 6.07) is 4.90. The molecule has 1 aromatic rings. The summed E-state index contributed by atoms with van der Waals surface area (Å²) in [5, 5.41) is 12.8. The smallest absolute Gasteiger partial charge is 0.238 e. The fourth-order valence-electron chi connectivity index (χ4n) is 1.79. The number of rotatable bonds is 5. The van der Waals surface area contributed by atoms with Crippen LogP contribution in [0.15, 0.2) is 18.2 Å². The van der Waals surface area contributed by atoms with Crippen molar-refractivity contribution < 1.29 is 9.90 Å². The van der Waals surface area contributed by atoms with E-state index in [0.717, 1.165) is 0 Å². The van der Waals surface area contributed by atoms with E-state index in [2.05, 4.69) is 5.32 Å². The maximum Gasteiger partial charge on any atom is 0.238 e. The lowest BCUT2D eigenvalue weighted by atomic mass is 10.1. The number of nitrogens with two attached hydrogens (primary N) is 1. The van der Waals surface area contributed by atoms with E-state index in [0.29, 0.717) is 22.9 Å².